The highest BCUT2D eigenvalue weighted by Crippen LogP contribution is 2.28. The summed E-state index contributed by atoms with van der Waals surface area (Å²) < 4.78 is 5.72. The molecule has 0 saturated heterocycles. The molecule has 0 aliphatic rings. The van der Waals surface area contributed by atoms with Crippen molar-refractivity contribution in [3.63, 3.8) is 0 Å². The lowest BCUT2D eigenvalue weighted by Crippen LogP contribution is -1.94. The van der Waals surface area contributed by atoms with Crippen molar-refractivity contribution in [2.45, 2.75) is 13.8 Å². The Balaban J connectivity index is 2.17. The van der Waals surface area contributed by atoms with Gasteiger partial charge >= 0.3 is 5.97 Å². The summed E-state index contributed by atoms with van der Waals surface area (Å²) in [5.74, 6) is -0.452. The summed E-state index contributed by atoms with van der Waals surface area (Å²) in [5.41, 5.74) is 4.47. The molecule has 1 aromatic heterocycles. The third kappa shape index (κ3) is 2.05. The zero-order valence-corrected chi connectivity index (χ0v) is 11.2. The quantitative estimate of drug-likeness (QED) is 0.766. The molecular weight excluding hydrogens is 254 g/mol. The average Bonchev–Trinajstić information content (AvgIpc) is 2.83. The fourth-order valence-electron chi connectivity index (χ4n) is 2.14. The number of carboxylic acid groups (broad SMARTS) is 1. The fourth-order valence-corrected chi connectivity index (χ4v) is 2.14. The fraction of sp³-hybridized carbons (Fsp3) is 0.125. The van der Waals surface area contributed by atoms with Crippen molar-refractivity contribution in [2.24, 2.45) is 0 Å². The lowest BCUT2D eigenvalue weighted by atomic mass is 10.1. The second-order valence-corrected chi connectivity index (χ2v) is 4.83. The van der Waals surface area contributed by atoms with Gasteiger partial charge in [-0.2, -0.15) is 0 Å². The van der Waals surface area contributed by atoms with Crippen LogP contribution in [0.4, 0.5) is 0 Å². The van der Waals surface area contributed by atoms with Crippen molar-refractivity contribution >= 4 is 17.1 Å². The van der Waals surface area contributed by atoms with E-state index in [0.29, 0.717) is 17.0 Å². The van der Waals surface area contributed by atoms with Crippen LogP contribution in [-0.2, 0) is 0 Å². The molecule has 1 heterocycles. The molecule has 0 radical (unpaired) electrons. The first-order chi connectivity index (χ1) is 9.54. The van der Waals surface area contributed by atoms with Gasteiger partial charge < -0.3 is 9.52 Å². The monoisotopic (exact) mass is 267 g/mol. The summed E-state index contributed by atoms with van der Waals surface area (Å²) in [6, 6.07) is 10.7. The molecule has 3 rings (SSSR count). The lowest BCUT2D eigenvalue weighted by Gasteiger charge is -2.02. The number of hydrogen-bond donors (Lipinski definition) is 1. The molecule has 2 aromatic carbocycles. The van der Waals surface area contributed by atoms with Gasteiger partial charge in [-0.15, -0.1) is 0 Å². The van der Waals surface area contributed by atoms with E-state index >= 15 is 0 Å². The standard InChI is InChI=1S/C16H13NO3/c1-9-3-4-10(2)12(7-9)15-17-13-8-11(16(18)19)5-6-14(13)20-15/h3-8H,1-2H3,(H,18,19). The van der Waals surface area contributed by atoms with Crippen molar-refractivity contribution in [3.05, 3.63) is 53.1 Å². The van der Waals surface area contributed by atoms with Gasteiger partial charge in [0.1, 0.15) is 5.52 Å². The van der Waals surface area contributed by atoms with Crippen LogP contribution in [0.2, 0.25) is 0 Å². The Bertz CT molecular complexity index is 818. The van der Waals surface area contributed by atoms with Gasteiger partial charge in [-0.25, -0.2) is 9.78 Å². The Morgan fingerprint density at radius 1 is 1.15 bits per heavy atom. The van der Waals surface area contributed by atoms with Gasteiger partial charge in [0.2, 0.25) is 5.89 Å². The maximum Gasteiger partial charge on any atom is 0.335 e. The Kier molecular flexibility index (Phi) is 2.79. The van der Waals surface area contributed by atoms with Gasteiger partial charge in [-0.3, -0.25) is 0 Å². The highest BCUT2D eigenvalue weighted by molar-refractivity contribution is 5.92. The molecule has 4 heteroatoms. The van der Waals surface area contributed by atoms with Crippen LogP contribution in [-0.4, -0.2) is 16.1 Å². The van der Waals surface area contributed by atoms with E-state index in [9.17, 15) is 4.79 Å². The van der Waals surface area contributed by atoms with Crippen molar-refractivity contribution in [2.75, 3.05) is 0 Å². The first-order valence-electron chi connectivity index (χ1n) is 6.26. The summed E-state index contributed by atoms with van der Waals surface area (Å²) >= 11 is 0. The summed E-state index contributed by atoms with van der Waals surface area (Å²) in [4.78, 5) is 15.4. The lowest BCUT2D eigenvalue weighted by molar-refractivity contribution is 0.0697. The maximum absolute atomic E-state index is 11.0. The molecule has 1 N–H and O–H groups in total. The van der Waals surface area contributed by atoms with Crippen molar-refractivity contribution in [3.8, 4) is 11.5 Å². The molecule has 4 nitrogen and oxygen atoms in total. The van der Waals surface area contributed by atoms with Gasteiger partial charge in [-0.05, 0) is 43.7 Å². The summed E-state index contributed by atoms with van der Waals surface area (Å²) in [6.07, 6.45) is 0. The van der Waals surface area contributed by atoms with Crippen LogP contribution in [0.25, 0.3) is 22.6 Å². The van der Waals surface area contributed by atoms with Crippen LogP contribution in [0, 0.1) is 13.8 Å². The van der Waals surface area contributed by atoms with Crippen LogP contribution >= 0.6 is 0 Å². The van der Waals surface area contributed by atoms with Crippen LogP contribution in [0.5, 0.6) is 0 Å². The topological polar surface area (TPSA) is 63.3 Å². The van der Waals surface area contributed by atoms with E-state index in [1.54, 1.807) is 6.07 Å². The van der Waals surface area contributed by atoms with Gasteiger partial charge in [0.05, 0.1) is 5.56 Å². The summed E-state index contributed by atoms with van der Waals surface area (Å²) in [5, 5.41) is 8.99. The SMILES string of the molecule is Cc1ccc(C)c(-c2nc3cc(C(=O)O)ccc3o2)c1. The maximum atomic E-state index is 11.0. The minimum absolute atomic E-state index is 0.207. The van der Waals surface area contributed by atoms with E-state index in [4.69, 9.17) is 9.52 Å². The normalized spacial score (nSPS) is 10.9. The number of benzene rings is 2. The molecule has 3 aromatic rings. The molecule has 0 aliphatic carbocycles. The Labute approximate surface area is 115 Å². The number of aromatic carboxylic acids is 1. The molecule has 20 heavy (non-hydrogen) atoms. The molecule has 0 atom stereocenters. The first-order valence-corrected chi connectivity index (χ1v) is 6.26. The number of carbonyl (C=O) groups is 1. The molecule has 0 amide bonds. The number of aromatic nitrogens is 1. The molecule has 0 fully saturated rings. The highest BCUT2D eigenvalue weighted by Gasteiger charge is 2.12. The predicted octanol–water partition coefficient (Wildman–Crippen LogP) is 3.81. The minimum atomic E-state index is -0.969. The summed E-state index contributed by atoms with van der Waals surface area (Å²) in [7, 11) is 0. The number of rotatable bonds is 2. The number of carboxylic acids is 1. The molecule has 100 valence electrons. The largest absolute Gasteiger partial charge is 0.478 e. The van der Waals surface area contributed by atoms with Crippen LogP contribution in [0.15, 0.2) is 40.8 Å². The van der Waals surface area contributed by atoms with Gasteiger partial charge in [0.25, 0.3) is 0 Å². The van der Waals surface area contributed by atoms with Crippen LogP contribution in [0.3, 0.4) is 0 Å². The van der Waals surface area contributed by atoms with Crippen molar-refractivity contribution < 1.29 is 14.3 Å². The number of fused-ring (bicyclic) bond motifs is 1. The van der Waals surface area contributed by atoms with E-state index in [2.05, 4.69) is 4.98 Å². The summed E-state index contributed by atoms with van der Waals surface area (Å²) in [6.45, 7) is 4.00. The van der Waals surface area contributed by atoms with Crippen LogP contribution < -0.4 is 0 Å². The first kappa shape index (κ1) is 12.4. The average molecular weight is 267 g/mol. The molecule has 0 unspecified atom stereocenters. The van der Waals surface area contributed by atoms with Gasteiger partial charge in [-0.1, -0.05) is 17.7 Å². The molecule has 0 spiro atoms. The molecule has 0 aliphatic heterocycles. The molecule has 0 saturated carbocycles. The minimum Gasteiger partial charge on any atom is -0.478 e. The smallest absolute Gasteiger partial charge is 0.335 e. The van der Waals surface area contributed by atoms with Gasteiger partial charge in [0.15, 0.2) is 5.58 Å². The number of nitrogens with zero attached hydrogens (tertiary/aromatic N) is 1. The molecule has 0 bridgehead atoms. The van der Waals surface area contributed by atoms with E-state index in [1.807, 2.05) is 32.0 Å². The van der Waals surface area contributed by atoms with Crippen molar-refractivity contribution in [1.29, 1.82) is 0 Å². The Hall–Kier alpha value is -2.62. The second-order valence-electron chi connectivity index (χ2n) is 4.83. The zero-order valence-electron chi connectivity index (χ0n) is 11.2. The number of oxazole rings is 1. The Morgan fingerprint density at radius 3 is 2.70 bits per heavy atom. The molecular formula is C16H13NO3. The zero-order chi connectivity index (χ0) is 14.3. The van der Waals surface area contributed by atoms with E-state index in [1.165, 1.54) is 12.1 Å². The van der Waals surface area contributed by atoms with E-state index in [0.717, 1.165) is 16.7 Å². The highest BCUT2D eigenvalue weighted by atomic mass is 16.4. The Morgan fingerprint density at radius 2 is 1.95 bits per heavy atom. The van der Waals surface area contributed by atoms with E-state index < -0.39 is 5.97 Å². The third-order valence-electron chi connectivity index (χ3n) is 3.26. The van der Waals surface area contributed by atoms with E-state index in [-0.39, 0.29) is 5.56 Å². The second kappa shape index (κ2) is 4.49. The number of hydrogen-bond acceptors (Lipinski definition) is 3. The number of aryl methyl sites for hydroxylation is 2. The predicted molar refractivity (Wildman–Crippen MR) is 75.9 cm³/mol. The van der Waals surface area contributed by atoms with Gasteiger partial charge in [0, 0.05) is 5.56 Å². The third-order valence-corrected chi connectivity index (χ3v) is 3.26. The van der Waals surface area contributed by atoms with Crippen LogP contribution in [0.1, 0.15) is 21.5 Å². The van der Waals surface area contributed by atoms with Crippen molar-refractivity contribution in [1.82, 2.24) is 4.98 Å².